The smallest absolute Gasteiger partial charge is 0.394 e. The van der Waals surface area contributed by atoms with Crippen molar-refractivity contribution in [3.63, 3.8) is 0 Å². The summed E-state index contributed by atoms with van der Waals surface area (Å²) in [5, 5.41) is 17.4. The van der Waals surface area contributed by atoms with Crippen LogP contribution in [-0.4, -0.2) is 48.4 Å². The van der Waals surface area contributed by atoms with Gasteiger partial charge in [0.2, 0.25) is 0 Å². The molecule has 2 aromatic carbocycles. The molecule has 0 unspecified atom stereocenters. The van der Waals surface area contributed by atoms with Crippen LogP contribution in [0.15, 0.2) is 48.5 Å². The topological polar surface area (TPSA) is 99.7 Å². The number of carbonyl (C=O) groups is 2. The highest BCUT2D eigenvalue weighted by molar-refractivity contribution is 5.94. The molecule has 1 fully saturated rings. The van der Waals surface area contributed by atoms with Crippen LogP contribution in [0.1, 0.15) is 35.2 Å². The lowest BCUT2D eigenvalue weighted by molar-refractivity contribution is -0.137. The number of urea groups is 1. The third-order valence-electron chi connectivity index (χ3n) is 5.45. The van der Waals surface area contributed by atoms with Gasteiger partial charge in [-0.2, -0.15) is 13.2 Å². The van der Waals surface area contributed by atoms with E-state index >= 15 is 0 Å². The molecular formula is C23H25F4N3O4. The number of rotatable bonds is 7. The SMILES string of the molecule is O=C(Nc1ccc(C(F)(F)F)cc1)N[C@H]1CC[C@H](CCNC(=O)c2ccccc2F)O[C@@H]1CO. The first-order chi connectivity index (χ1) is 16.2. The Balaban J connectivity index is 1.44. The number of alkyl halides is 3. The van der Waals surface area contributed by atoms with Crippen LogP contribution in [0.3, 0.4) is 0 Å². The average molecular weight is 483 g/mol. The number of amides is 3. The van der Waals surface area contributed by atoms with Gasteiger partial charge in [-0.1, -0.05) is 12.1 Å². The monoisotopic (exact) mass is 483 g/mol. The number of nitrogens with one attached hydrogen (secondary N) is 3. The molecule has 11 heteroatoms. The number of carbonyl (C=O) groups excluding carboxylic acids is 2. The molecule has 184 valence electrons. The summed E-state index contributed by atoms with van der Waals surface area (Å²) >= 11 is 0. The molecule has 4 N–H and O–H groups in total. The summed E-state index contributed by atoms with van der Waals surface area (Å²) in [4.78, 5) is 24.3. The third kappa shape index (κ3) is 6.91. The maximum atomic E-state index is 13.7. The van der Waals surface area contributed by atoms with Crippen molar-refractivity contribution in [3.8, 4) is 0 Å². The van der Waals surface area contributed by atoms with Crippen molar-refractivity contribution >= 4 is 17.6 Å². The predicted molar refractivity (Wildman–Crippen MR) is 116 cm³/mol. The number of ether oxygens (including phenoxy) is 1. The van der Waals surface area contributed by atoms with Gasteiger partial charge in [-0.3, -0.25) is 4.79 Å². The molecular weight excluding hydrogens is 458 g/mol. The molecule has 0 spiro atoms. The zero-order chi connectivity index (χ0) is 24.7. The van der Waals surface area contributed by atoms with Gasteiger partial charge in [-0.15, -0.1) is 0 Å². The standard InChI is InChI=1S/C23H25F4N3O4/c24-18-4-2-1-3-17(18)21(32)28-12-11-16-9-10-19(20(13-31)34-16)30-22(33)29-15-7-5-14(6-8-15)23(25,26)27/h1-8,16,19-20,31H,9-13H2,(H,28,32)(H2,29,30,33)/t16-,19+,20-/m1/s1. The van der Waals surface area contributed by atoms with Gasteiger partial charge in [0.25, 0.3) is 5.91 Å². The van der Waals surface area contributed by atoms with Gasteiger partial charge < -0.3 is 25.8 Å². The second-order valence-electron chi connectivity index (χ2n) is 7.86. The molecule has 34 heavy (non-hydrogen) atoms. The number of halogens is 4. The number of aliphatic hydroxyl groups is 1. The molecule has 0 aromatic heterocycles. The molecule has 3 rings (SSSR count). The molecule has 1 saturated heterocycles. The van der Waals surface area contributed by atoms with Crippen molar-refractivity contribution in [3.05, 3.63) is 65.5 Å². The van der Waals surface area contributed by atoms with Crippen molar-refractivity contribution in [1.29, 1.82) is 0 Å². The summed E-state index contributed by atoms with van der Waals surface area (Å²) in [6.07, 6.45) is -3.99. The lowest BCUT2D eigenvalue weighted by atomic mass is 9.97. The van der Waals surface area contributed by atoms with Gasteiger partial charge in [0, 0.05) is 12.2 Å². The van der Waals surface area contributed by atoms with E-state index in [1.807, 2.05) is 0 Å². The molecule has 0 bridgehead atoms. The van der Waals surface area contributed by atoms with Gasteiger partial charge in [0.15, 0.2) is 0 Å². The minimum atomic E-state index is -4.47. The maximum Gasteiger partial charge on any atom is 0.416 e. The molecule has 3 amide bonds. The van der Waals surface area contributed by atoms with Gasteiger partial charge in [-0.25, -0.2) is 9.18 Å². The van der Waals surface area contributed by atoms with E-state index in [-0.39, 0.29) is 30.5 Å². The first-order valence-electron chi connectivity index (χ1n) is 10.7. The van der Waals surface area contributed by atoms with Crippen LogP contribution < -0.4 is 16.0 Å². The average Bonchev–Trinajstić information content (AvgIpc) is 2.80. The second-order valence-corrected chi connectivity index (χ2v) is 7.86. The molecule has 0 aliphatic carbocycles. The van der Waals surface area contributed by atoms with E-state index in [0.29, 0.717) is 19.3 Å². The lowest BCUT2D eigenvalue weighted by Crippen LogP contribution is -2.52. The number of hydrogen-bond acceptors (Lipinski definition) is 4. The molecule has 1 heterocycles. The zero-order valence-electron chi connectivity index (χ0n) is 18.1. The van der Waals surface area contributed by atoms with Crippen molar-refractivity contribution in [2.45, 2.75) is 43.7 Å². The zero-order valence-corrected chi connectivity index (χ0v) is 18.1. The number of anilines is 1. The van der Waals surface area contributed by atoms with E-state index < -0.39 is 41.6 Å². The van der Waals surface area contributed by atoms with Gasteiger partial charge in [0.05, 0.1) is 29.9 Å². The minimum absolute atomic E-state index is 0.0522. The summed E-state index contributed by atoms with van der Waals surface area (Å²) in [6.45, 7) is -0.119. The Hall–Kier alpha value is -3.18. The Morgan fingerprint density at radius 3 is 2.41 bits per heavy atom. The third-order valence-corrected chi connectivity index (χ3v) is 5.45. The maximum absolute atomic E-state index is 13.7. The van der Waals surface area contributed by atoms with Crippen LogP contribution in [0.2, 0.25) is 0 Å². The number of hydrogen-bond donors (Lipinski definition) is 4. The Labute approximate surface area is 193 Å². The fraction of sp³-hybridized carbons (Fsp3) is 0.391. The highest BCUT2D eigenvalue weighted by atomic mass is 19.4. The Kier molecular flexibility index (Phi) is 8.46. The highest BCUT2D eigenvalue weighted by Gasteiger charge is 2.32. The normalized spacial score (nSPS) is 20.4. The van der Waals surface area contributed by atoms with Crippen LogP contribution in [0.25, 0.3) is 0 Å². The minimum Gasteiger partial charge on any atom is -0.394 e. The summed E-state index contributed by atoms with van der Waals surface area (Å²) in [7, 11) is 0. The van der Waals surface area contributed by atoms with E-state index in [1.54, 1.807) is 6.07 Å². The predicted octanol–water partition coefficient (Wildman–Crippen LogP) is 3.69. The molecule has 1 aliphatic rings. The Bertz CT molecular complexity index is 985. The molecule has 2 aromatic rings. The van der Waals surface area contributed by atoms with Crippen LogP contribution in [0.5, 0.6) is 0 Å². The largest absolute Gasteiger partial charge is 0.416 e. The van der Waals surface area contributed by atoms with Crippen LogP contribution in [0, 0.1) is 5.82 Å². The molecule has 0 radical (unpaired) electrons. The summed E-state index contributed by atoms with van der Waals surface area (Å²) in [5.74, 6) is -1.15. The number of benzene rings is 2. The van der Waals surface area contributed by atoms with E-state index in [4.69, 9.17) is 4.74 Å². The van der Waals surface area contributed by atoms with E-state index in [0.717, 1.165) is 24.3 Å². The van der Waals surface area contributed by atoms with E-state index in [1.165, 1.54) is 18.2 Å². The summed E-state index contributed by atoms with van der Waals surface area (Å²) in [5.41, 5.74) is -0.689. The first kappa shape index (κ1) is 25.4. The first-order valence-corrected chi connectivity index (χ1v) is 10.7. The fourth-order valence-electron chi connectivity index (χ4n) is 3.67. The quantitative estimate of drug-likeness (QED) is 0.452. The molecule has 7 nitrogen and oxygen atoms in total. The Morgan fingerprint density at radius 2 is 1.76 bits per heavy atom. The fourth-order valence-corrected chi connectivity index (χ4v) is 3.67. The Morgan fingerprint density at radius 1 is 1.06 bits per heavy atom. The van der Waals surface area contributed by atoms with Crippen LogP contribution in [-0.2, 0) is 10.9 Å². The number of aliphatic hydroxyl groups excluding tert-OH is 1. The van der Waals surface area contributed by atoms with Crippen molar-refractivity contribution in [2.24, 2.45) is 0 Å². The van der Waals surface area contributed by atoms with Gasteiger partial charge in [-0.05, 0) is 55.7 Å². The van der Waals surface area contributed by atoms with Crippen LogP contribution >= 0.6 is 0 Å². The van der Waals surface area contributed by atoms with Gasteiger partial charge in [0.1, 0.15) is 11.9 Å². The lowest BCUT2D eigenvalue weighted by Gasteiger charge is -2.36. The van der Waals surface area contributed by atoms with E-state index in [2.05, 4.69) is 16.0 Å². The molecule has 0 saturated carbocycles. The highest BCUT2D eigenvalue weighted by Crippen LogP contribution is 2.30. The van der Waals surface area contributed by atoms with Crippen molar-refractivity contribution in [1.82, 2.24) is 10.6 Å². The van der Waals surface area contributed by atoms with Crippen LogP contribution in [0.4, 0.5) is 28.0 Å². The second kappa shape index (κ2) is 11.3. The van der Waals surface area contributed by atoms with E-state index in [9.17, 15) is 32.3 Å². The summed E-state index contributed by atoms with van der Waals surface area (Å²) in [6, 6.07) is 8.52. The summed E-state index contributed by atoms with van der Waals surface area (Å²) < 4.78 is 57.4. The van der Waals surface area contributed by atoms with Gasteiger partial charge >= 0.3 is 12.2 Å². The van der Waals surface area contributed by atoms with Crippen molar-refractivity contribution < 1.29 is 37.0 Å². The molecule has 1 aliphatic heterocycles. The van der Waals surface area contributed by atoms with Crippen molar-refractivity contribution in [2.75, 3.05) is 18.5 Å². The molecule has 3 atom stereocenters.